The molecule has 0 amide bonds. The Balaban J connectivity index is 2.80. The monoisotopic (exact) mass is 246 g/mol. The quantitative estimate of drug-likeness (QED) is 0.741. The van der Waals surface area contributed by atoms with E-state index in [1.54, 1.807) is 19.2 Å². The van der Waals surface area contributed by atoms with Gasteiger partial charge in [0, 0.05) is 7.11 Å². The molecule has 1 aromatic carbocycles. The zero-order chi connectivity index (χ0) is 12.0. The van der Waals surface area contributed by atoms with E-state index in [4.69, 9.17) is 9.84 Å². The van der Waals surface area contributed by atoms with Crippen molar-refractivity contribution < 1.29 is 22.4 Å². The predicted octanol–water partition coefficient (Wildman–Crippen LogP) is 0.531. The fourth-order valence-corrected chi connectivity index (χ4v) is 2.03. The topological polar surface area (TPSA) is 72.8 Å². The highest BCUT2D eigenvalue weighted by Crippen LogP contribution is 2.13. The SMILES string of the molecule is COCc1ccc(S(=O)(=O)OCCO)cc1. The minimum atomic E-state index is -3.75. The molecule has 0 saturated heterocycles. The van der Waals surface area contributed by atoms with E-state index in [-0.39, 0.29) is 18.1 Å². The van der Waals surface area contributed by atoms with E-state index >= 15 is 0 Å². The van der Waals surface area contributed by atoms with Crippen molar-refractivity contribution in [1.82, 2.24) is 0 Å². The van der Waals surface area contributed by atoms with E-state index in [2.05, 4.69) is 4.18 Å². The van der Waals surface area contributed by atoms with Gasteiger partial charge in [0.1, 0.15) is 0 Å². The fourth-order valence-electron chi connectivity index (χ4n) is 1.13. The Kier molecular flexibility index (Phi) is 4.88. The first-order valence-electron chi connectivity index (χ1n) is 4.68. The Labute approximate surface area is 94.7 Å². The molecule has 0 bridgehead atoms. The summed E-state index contributed by atoms with van der Waals surface area (Å²) < 4.78 is 32.5. The molecule has 1 aromatic rings. The Hall–Kier alpha value is -0.950. The van der Waals surface area contributed by atoms with Gasteiger partial charge in [-0.25, -0.2) is 0 Å². The first kappa shape index (κ1) is 13.1. The summed E-state index contributed by atoms with van der Waals surface area (Å²) in [7, 11) is -2.19. The first-order chi connectivity index (χ1) is 7.60. The van der Waals surface area contributed by atoms with Gasteiger partial charge >= 0.3 is 0 Å². The van der Waals surface area contributed by atoms with Crippen LogP contribution in [0.1, 0.15) is 5.56 Å². The number of methoxy groups -OCH3 is 1. The van der Waals surface area contributed by atoms with Crippen LogP contribution < -0.4 is 0 Å². The van der Waals surface area contributed by atoms with Gasteiger partial charge < -0.3 is 9.84 Å². The van der Waals surface area contributed by atoms with E-state index < -0.39 is 10.1 Å². The van der Waals surface area contributed by atoms with E-state index in [9.17, 15) is 8.42 Å². The van der Waals surface area contributed by atoms with Crippen molar-refractivity contribution in [1.29, 1.82) is 0 Å². The number of aliphatic hydroxyl groups excluding tert-OH is 1. The molecule has 0 aliphatic heterocycles. The summed E-state index contributed by atoms with van der Waals surface area (Å²) in [5, 5.41) is 8.48. The number of hydrogen-bond acceptors (Lipinski definition) is 5. The molecule has 0 saturated carbocycles. The van der Waals surface area contributed by atoms with E-state index in [0.29, 0.717) is 6.61 Å². The third kappa shape index (κ3) is 3.57. The molecule has 90 valence electrons. The van der Waals surface area contributed by atoms with Crippen LogP contribution in [0.5, 0.6) is 0 Å². The Morgan fingerprint density at radius 3 is 2.38 bits per heavy atom. The second kappa shape index (κ2) is 5.95. The average Bonchev–Trinajstić information content (AvgIpc) is 2.28. The van der Waals surface area contributed by atoms with Crippen LogP contribution in [0.4, 0.5) is 0 Å². The van der Waals surface area contributed by atoms with E-state index in [1.165, 1.54) is 12.1 Å². The van der Waals surface area contributed by atoms with Crippen molar-refractivity contribution in [2.24, 2.45) is 0 Å². The van der Waals surface area contributed by atoms with Crippen LogP contribution in [0, 0.1) is 0 Å². The number of benzene rings is 1. The van der Waals surface area contributed by atoms with Crippen molar-refractivity contribution >= 4 is 10.1 Å². The molecule has 0 aromatic heterocycles. The maximum Gasteiger partial charge on any atom is 0.297 e. The number of hydrogen-bond donors (Lipinski definition) is 1. The summed E-state index contributed by atoms with van der Waals surface area (Å²) in [6, 6.07) is 6.19. The Bertz CT molecular complexity index is 409. The minimum absolute atomic E-state index is 0.0702. The molecule has 0 unspecified atom stereocenters. The summed E-state index contributed by atoms with van der Waals surface area (Å²) in [5.41, 5.74) is 0.878. The van der Waals surface area contributed by atoms with Crippen LogP contribution >= 0.6 is 0 Å². The van der Waals surface area contributed by atoms with Crippen LogP contribution in [0.2, 0.25) is 0 Å². The van der Waals surface area contributed by atoms with Gasteiger partial charge in [0.25, 0.3) is 10.1 Å². The van der Waals surface area contributed by atoms with Crippen LogP contribution in [0.25, 0.3) is 0 Å². The number of aliphatic hydroxyl groups is 1. The summed E-state index contributed by atoms with van der Waals surface area (Å²) in [4.78, 5) is 0.0702. The van der Waals surface area contributed by atoms with Gasteiger partial charge in [-0.3, -0.25) is 4.18 Å². The molecule has 16 heavy (non-hydrogen) atoms. The highest BCUT2D eigenvalue weighted by atomic mass is 32.2. The molecular formula is C10H14O5S. The van der Waals surface area contributed by atoms with Crippen LogP contribution in [0.3, 0.4) is 0 Å². The van der Waals surface area contributed by atoms with Crippen LogP contribution in [-0.2, 0) is 25.6 Å². The summed E-state index contributed by atoms with van der Waals surface area (Å²) >= 11 is 0. The highest BCUT2D eigenvalue weighted by molar-refractivity contribution is 7.86. The van der Waals surface area contributed by atoms with Gasteiger partial charge in [0.05, 0.1) is 24.7 Å². The lowest BCUT2D eigenvalue weighted by Gasteiger charge is -2.05. The van der Waals surface area contributed by atoms with Crippen molar-refractivity contribution in [2.45, 2.75) is 11.5 Å². The van der Waals surface area contributed by atoms with E-state index in [1.807, 2.05) is 0 Å². The van der Waals surface area contributed by atoms with Crippen molar-refractivity contribution in [3.63, 3.8) is 0 Å². The lowest BCUT2D eigenvalue weighted by Crippen LogP contribution is -2.09. The maximum atomic E-state index is 11.5. The molecule has 1 N–H and O–H groups in total. The molecule has 0 fully saturated rings. The largest absolute Gasteiger partial charge is 0.394 e. The lowest BCUT2D eigenvalue weighted by atomic mass is 10.2. The molecule has 0 heterocycles. The fraction of sp³-hybridized carbons (Fsp3) is 0.400. The molecule has 0 atom stereocenters. The van der Waals surface area contributed by atoms with Crippen molar-refractivity contribution in [3.8, 4) is 0 Å². The first-order valence-corrected chi connectivity index (χ1v) is 6.09. The van der Waals surface area contributed by atoms with E-state index in [0.717, 1.165) is 5.56 Å². The highest BCUT2D eigenvalue weighted by Gasteiger charge is 2.14. The molecule has 0 aliphatic rings. The predicted molar refractivity (Wildman–Crippen MR) is 57.4 cm³/mol. The Morgan fingerprint density at radius 1 is 1.25 bits per heavy atom. The van der Waals surface area contributed by atoms with Crippen LogP contribution in [-0.4, -0.2) is 33.8 Å². The van der Waals surface area contributed by atoms with Crippen LogP contribution in [0.15, 0.2) is 29.2 Å². The van der Waals surface area contributed by atoms with Crippen molar-refractivity contribution in [2.75, 3.05) is 20.3 Å². The standard InChI is InChI=1S/C10H14O5S/c1-14-8-9-2-4-10(5-3-9)16(12,13)15-7-6-11/h2-5,11H,6-8H2,1H3. The normalized spacial score (nSPS) is 11.6. The smallest absolute Gasteiger partial charge is 0.297 e. The molecule has 1 rings (SSSR count). The minimum Gasteiger partial charge on any atom is -0.394 e. The third-order valence-electron chi connectivity index (χ3n) is 1.85. The zero-order valence-corrected chi connectivity index (χ0v) is 9.74. The molecule has 5 nitrogen and oxygen atoms in total. The second-order valence-electron chi connectivity index (χ2n) is 3.08. The van der Waals surface area contributed by atoms with Gasteiger partial charge in [-0.2, -0.15) is 8.42 Å². The second-order valence-corrected chi connectivity index (χ2v) is 4.69. The number of rotatable bonds is 6. The maximum absolute atomic E-state index is 11.5. The molecule has 0 spiro atoms. The van der Waals surface area contributed by atoms with Gasteiger partial charge in [-0.1, -0.05) is 12.1 Å². The van der Waals surface area contributed by atoms with Crippen molar-refractivity contribution in [3.05, 3.63) is 29.8 Å². The Morgan fingerprint density at radius 2 is 1.88 bits per heavy atom. The summed E-state index contributed by atoms with van der Waals surface area (Å²) in [6.45, 7) is -0.138. The molecular weight excluding hydrogens is 232 g/mol. The van der Waals surface area contributed by atoms with Gasteiger partial charge in [0.15, 0.2) is 0 Å². The average molecular weight is 246 g/mol. The summed E-state index contributed by atoms with van der Waals surface area (Å²) in [5.74, 6) is 0. The third-order valence-corrected chi connectivity index (χ3v) is 3.18. The number of ether oxygens (including phenoxy) is 1. The molecule has 6 heteroatoms. The zero-order valence-electron chi connectivity index (χ0n) is 8.92. The van der Waals surface area contributed by atoms with Gasteiger partial charge in [0.2, 0.25) is 0 Å². The lowest BCUT2D eigenvalue weighted by molar-refractivity contribution is 0.185. The molecule has 0 radical (unpaired) electrons. The van der Waals surface area contributed by atoms with Gasteiger partial charge in [-0.05, 0) is 17.7 Å². The van der Waals surface area contributed by atoms with Gasteiger partial charge in [-0.15, -0.1) is 0 Å². The molecule has 0 aliphatic carbocycles. The summed E-state index contributed by atoms with van der Waals surface area (Å²) in [6.07, 6.45) is 0.